The molecule has 4 heteroatoms. The zero-order valence-electron chi connectivity index (χ0n) is 9.39. The Morgan fingerprint density at radius 3 is 2.53 bits per heavy atom. The van der Waals surface area contributed by atoms with E-state index in [1.54, 1.807) is 4.68 Å². The quantitative estimate of drug-likeness (QED) is 0.859. The smallest absolute Gasteiger partial charge is 0.130 e. The van der Waals surface area contributed by atoms with E-state index in [0.717, 1.165) is 23.8 Å². The van der Waals surface area contributed by atoms with E-state index in [1.807, 2.05) is 14.0 Å². The number of rotatable bonds is 3. The minimum Gasteiger partial charge on any atom is -0.330 e. The summed E-state index contributed by atoms with van der Waals surface area (Å²) in [6, 6.07) is 0. The Balaban J connectivity index is 2.23. The summed E-state index contributed by atoms with van der Waals surface area (Å²) in [6.07, 6.45) is 4.75. The summed E-state index contributed by atoms with van der Waals surface area (Å²) in [5.41, 5.74) is 8.38. The second-order valence-corrected chi connectivity index (χ2v) is 5.07. The number of aromatic nitrogens is 2. The molecule has 1 aromatic rings. The molecule has 0 unspecified atom stereocenters. The van der Waals surface area contributed by atoms with E-state index in [4.69, 9.17) is 17.3 Å². The van der Waals surface area contributed by atoms with Crippen molar-refractivity contribution < 1.29 is 0 Å². The Labute approximate surface area is 95.6 Å². The highest BCUT2D eigenvalue weighted by Crippen LogP contribution is 2.44. The molecule has 2 N–H and O–H groups in total. The van der Waals surface area contributed by atoms with E-state index in [9.17, 15) is 0 Å². The third-order valence-electron chi connectivity index (χ3n) is 3.67. The molecule has 84 valence electrons. The molecule has 3 nitrogen and oxygen atoms in total. The molecule has 1 aliphatic rings. The number of hydrogen-bond donors (Lipinski definition) is 1. The molecule has 0 bridgehead atoms. The molecular weight excluding hydrogens is 210 g/mol. The lowest BCUT2D eigenvalue weighted by molar-refractivity contribution is 0.144. The molecule has 0 aliphatic heterocycles. The standard InChI is InChI=1S/C11H18ClN3/c1-8-9(10(12)15(2)14-8)6-11(7-13)4-3-5-11/h3-7,13H2,1-2H3. The van der Waals surface area contributed by atoms with Crippen molar-refractivity contribution in [3.05, 3.63) is 16.4 Å². The third kappa shape index (κ3) is 1.79. The monoisotopic (exact) mass is 227 g/mol. The van der Waals surface area contributed by atoms with Crippen LogP contribution in [0.5, 0.6) is 0 Å². The predicted molar refractivity (Wildman–Crippen MR) is 62.0 cm³/mol. The third-order valence-corrected chi connectivity index (χ3v) is 4.14. The van der Waals surface area contributed by atoms with Crippen LogP contribution in [0.4, 0.5) is 0 Å². The highest BCUT2D eigenvalue weighted by Gasteiger charge is 2.37. The van der Waals surface area contributed by atoms with Crippen LogP contribution in [0.2, 0.25) is 5.15 Å². The van der Waals surface area contributed by atoms with Crippen LogP contribution in [-0.2, 0) is 13.5 Å². The Bertz CT molecular complexity index is 361. The zero-order chi connectivity index (χ0) is 11.1. The Kier molecular flexibility index (Phi) is 2.77. The Morgan fingerprint density at radius 1 is 1.53 bits per heavy atom. The van der Waals surface area contributed by atoms with Crippen molar-refractivity contribution >= 4 is 11.6 Å². The molecule has 1 fully saturated rings. The van der Waals surface area contributed by atoms with Gasteiger partial charge in [-0.1, -0.05) is 18.0 Å². The number of nitrogens with two attached hydrogens (primary N) is 1. The van der Waals surface area contributed by atoms with Crippen LogP contribution in [0.25, 0.3) is 0 Å². The largest absolute Gasteiger partial charge is 0.330 e. The Hall–Kier alpha value is -0.540. The van der Waals surface area contributed by atoms with Crippen molar-refractivity contribution in [2.75, 3.05) is 6.54 Å². The van der Waals surface area contributed by atoms with Gasteiger partial charge in [0.05, 0.1) is 5.69 Å². The van der Waals surface area contributed by atoms with Crippen molar-refractivity contribution in [3.8, 4) is 0 Å². The summed E-state index contributed by atoms with van der Waals surface area (Å²) >= 11 is 6.22. The molecule has 0 aromatic carbocycles. The summed E-state index contributed by atoms with van der Waals surface area (Å²) < 4.78 is 1.75. The van der Waals surface area contributed by atoms with Crippen LogP contribution in [0.1, 0.15) is 30.5 Å². The molecule has 0 radical (unpaired) electrons. The SMILES string of the molecule is Cc1nn(C)c(Cl)c1CC1(CN)CCC1. The molecule has 0 amide bonds. The van der Waals surface area contributed by atoms with Gasteiger partial charge in [0.25, 0.3) is 0 Å². The maximum absolute atomic E-state index is 6.22. The minimum atomic E-state index is 0.303. The summed E-state index contributed by atoms with van der Waals surface area (Å²) in [6.45, 7) is 2.78. The lowest BCUT2D eigenvalue weighted by atomic mass is 9.65. The predicted octanol–water partition coefficient (Wildman–Crippen LogP) is 2.05. The molecule has 1 saturated carbocycles. The maximum atomic E-state index is 6.22. The van der Waals surface area contributed by atoms with Crippen molar-refractivity contribution in [2.24, 2.45) is 18.2 Å². The summed E-state index contributed by atoms with van der Waals surface area (Å²) in [5, 5.41) is 5.10. The van der Waals surface area contributed by atoms with Gasteiger partial charge in [0.1, 0.15) is 5.15 Å². The van der Waals surface area contributed by atoms with Crippen LogP contribution in [0.3, 0.4) is 0 Å². The molecule has 1 aromatic heterocycles. The van der Waals surface area contributed by atoms with Gasteiger partial charge in [0.2, 0.25) is 0 Å². The van der Waals surface area contributed by atoms with Gasteiger partial charge >= 0.3 is 0 Å². The van der Waals surface area contributed by atoms with Crippen molar-refractivity contribution in [3.63, 3.8) is 0 Å². The van der Waals surface area contributed by atoms with E-state index in [2.05, 4.69) is 5.10 Å². The normalized spacial score (nSPS) is 18.9. The molecule has 0 atom stereocenters. The van der Waals surface area contributed by atoms with Gasteiger partial charge in [0.15, 0.2) is 0 Å². The lowest BCUT2D eigenvalue weighted by Gasteiger charge is -2.41. The van der Waals surface area contributed by atoms with E-state index in [0.29, 0.717) is 5.41 Å². The van der Waals surface area contributed by atoms with Crippen LogP contribution < -0.4 is 5.73 Å². The second-order valence-electron chi connectivity index (χ2n) is 4.71. The van der Waals surface area contributed by atoms with Gasteiger partial charge in [-0.25, -0.2) is 0 Å². The van der Waals surface area contributed by atoms with E-state index < -0.39 is 0 Å². The molecule has 0 saturated heterocycles. The molecule has 1 aliphatic carbocycles. The van der Waals surface area contributed by atoms with Crippen LogP contribution in [-0.4, -0.2) is 16.3 Å². The lowest BCUT2D eigenvalue weighted by Crippen LogP contribution is -2.39. The van der Waals surface area contributed by atoms with Gasteiger partial charge in [-0.2, -0.15) is 5.10 Å². The molecule has 2 rings (SSSR count). The molecular formula is C11H18ClN3. The fraction of sp³-hybridized carbons (Fsp3) is 0.727. The maximum Gasteiger partial charge on any atom is 0.130 e. The van der Waals surface area contributed by atoms with Crippen LogP contribution >= 0.6 is 11.6 Å². The molecule has 1 heterocycles. The van der Waals surface area contributed by atoms with Crippen LogP contribution in [0, 0.1) is 12.3 Å². The summed E-state index contributed by atoms with van der Waals surface area (Å²) in [5.74, 6) is 0. The van der Waals surface area contributed by atoms with E-state index in [1.165, 1.54) is 24.8 Å². The second kappa shape index (κ2) is 3.80. The average molecular weight is 228 g/mol. The fourth-order valence-corrected chi connectivity index (χ4v) is 2.62. The zero-order valence-corrected chi connectivity index (χ0v) is 10.1. The van der Waals surface area contributed by atoms with E-state index >= 15 is 0 Å². The van der Waals surface area contributed by atoms with Gasteiger partial charge < -0.3 is 5.73 Å². The molecule has 15 heavy (non-hydrogen) atoms. The number of halogens is 1. The summed E-state index contributed by atoms with van der Waals surface area (Å²) in [7, 11) is 1.88. The molecule has 0 spiro atoms. The average Bonchev–Trinajstić information content (AvgIpc) is 2.37. The Morgan fingerprint density at radius 2 is 2.20 bits per heavy atom. The van der Waals surface area contributed by atoms with Crippen LogP contribution in [0.15, 0.2) is 0 Å². The number of hydrogen-bond acceptors (Lipinski definition) is 2. The van der Waals surface area contributed by atoms with Gasteiger partial charge in [-0.3, -0.25) is 4.68 Å². The first kappa shape index (κ1) is 11.0. The van der Waals surface area contributed by atoms with Gasteiger partial charge in [0, 0.05) is 12.6 Å². The first-order valence-corrected chi connectivity index (χ1v) is 5.84. The summed E-state index contributed by atoms with van der Waals surface area (Å²) in [4.78, 5) is 0. The first-order chi connectivity index (χ1) is 7.08. The van der Waals surface area contributed by atoms with Crippen molar-refractivity contribution in [1.82, 2.24) is 9.78 Å². The highest BCUT2D eigenvalue weighted by atomic mass is 35.5. The highest BCUT2D eigenvalue weighted by molar-refractivity contribution is 6.30. The van der Waals surface area contributed by atoms with Crippen molar-refractivity contribution in [2.45, 2.75) is 32.6 Å². The first-order valence-electron chi connectivity index (χ1n) is 5.46. The fourth-order valence-electron chi connectivity index (χ4n) is 2.38. The van der Waals surface area contributed by atoms with Gasteiger partial charge in [-0.05, 0) is 38.1 Å². The van der Waals surface area contributed by atoms with Gasteiger partial charge in [-0.15, -0.1) is 0 Å². The minimum absolute atomic E-state index is 0.303. The number of nitrogens with zero attached hydrogens (tertiary/aromatic N) is 2. The van der Waals surface area contributed by atoms with Crippen molar-refractivity contribution in [1.29, 1.82) is 0 Å². The van der Waals surface area contributed by atoms with E-state index in [-0.39, 0.29) is 0 Å². The number of aryl methyl sites for hydroxylation is 2. The topological polar surface area (TPSA) is 43.8 Å².